The van der Waals surface area contributed by atoms with E-state index < -0.39 is 6.04 Å². The molecule has 2 heterocycles. The fourth-order valence-corrected chi connectivity index (χ4v) is 3.80. The van der Waals surface area contributed by atoms with Crippen LogP contribution in [0.15, 0.2) is 54.9 Å². The smallest absolute Gasteiger partial charge is 0.247 e. The molecular formula is C22H24N6O2. The van der Waals surface area contributed by atoms with Gasteiger partial charge in [0.05, 0.1) is 6.54 Å². The first kappa shape index (κ1) is 19.8. The zero-order chi connectivity index (χ0) is 20.9. The van der Waals surface area contributed by atoms with Crippen LogP contribution in [0, 0.1) is 6.92 Å². The lowest BCUT2D eigenvalue weighted by atomic mass is 10.0. The average Bonchev–Trinajstić information content (AvgIpc) is 3.44. The Labute approximate surface area is 174 Å². The molecule has 0 spiro atoms. The summed E-state index contributed by atoms with van der Waals surface area (Å²) < 4.78 is 1.51. The van der Waals surface area contributed by atoms with Crippen LogP contribution in [0.3, 0.4) is 0 Å². The molecule has 0 unspecified atom stereocenters. The van der Waals surface area contributed by atoms with Crippen molar-refractivity contribution < 1.29 is 9.59 Å². The molecule has 0 radical (unpaired) electrons. The molecular weight excluding hydrogens is 380 g/mol. The molecule has 2 amide bonds. The summed E-state index contributed by atoms with van der Waals surface area (Å²) in [6, 6.07) is 15.6. The van der Waals surface area contributed by atoms with Crippen LogP contribution in [0.5, 0.6) is 0 Å². The van der Waals surface area contributed by atoms with Crippen molar-refractivity contribution in [2.45, 2.75) is 38.8 Å². The largest absolute Gasteiger partial charge is 0.331 e. The lowest BCUT2D eigenvalue weighted by molar-refractivity contribution is -0.136. The van der Waals surface area contributed by atoms with Gasteiger partial charge in [-0.15, -0.1) is 5.10 Å². The van der Waals surface area contributed by atoms with E-state index in [1.807, 2.05) is 30.3 Å². The van der Waals surface area contributed by atoms with Crippen molar-refractivity contribution in [3.05, 3.63) is 60.4 Å². The topological polar surface area (TPSA) is 93.0 Å². The third-order valence-electron chi connectivity index (χ3n) is 5.30. The molecule has 1 saturated heterocycles. The fourth-order valence-electron chi connectivity index (χ4n) is 3.80. The van der Waals surface area contributed by atoms with Crippen molar-refractivity contribution >= 4 is 17.5 Å². The van der Waals surface area contributed by atoms with Crippen LogP contribution >= 0.6 is 0 Å². The Balaban J connectivity index is 1.41. The number of carbonyl (C=O) groups is 2. The predicted octanol–water partition coefficient (Wildman–Crippen LogP) is 2.67. The predicted molar refractivity (Wildman–Crippen MR) is 112 cm³/mol. The van der Waals surface area contributed by atoms with Crippen LogP contribution in [0.1, 0.15) is 24.8 Å². The summed E-state index contributed by atoms with van der Waals surface area (Å²) in [5, 5.41) is 13.9. The molecule has 0 bridgehead atoms. The van der Waals surface area contributed by atoms with E-state index in [1.54, 1.807) is 4.90 Å². The summed E-state index contributed by atoms with van der Waals surface area (Å²) in [7, 11) is 0. The Bertz CT molecular complexity index is 1030. The van der Waals surface area contributed by atoms with Crippen molar-refractivity contribution in [2.75, 3.05) is 11.9 Å². The van der Waals surface area contributed by atoms with Crippen LogP contribution < -0.4 is 5.32 Å². The Kier molecular flexibility index (Phi) is 5.83. The zero-order valence-corrected chi connectivity index (χ0v) is 16.9. The molecule has 1 fully saturated rings. The fraction of sp³-hybridized carbons (Fsp3) is 0.318. The minimum Gasteiger partial charge on any atom is -0.331 e. The van der Waals surface area contributed by atoms with Crippen LogP contribution in [-0.4, -0.2) is 49.5 Å². The summed E-state index contributed by atoms with van der Waals surface area (Å²) in [6.45, 7) is 3.05. The van der Waals surface area contributed by atoms with Gasteiger partial charge in [-0.2, -0.15) is 0 Å². The van der Waals surface area contributed by atoms with Gasteiger partial charge in [-0.3, -0.25) is 9.59 Å². The lowest BCUT2D eigenvalue weighted by Gasteiger charge is -2.24. The number of likely N-dealkylation sites (tertiary alicyclic amines) is 1. The number of aromatic nitrogens is 4. The number of amides is 2. The van der Waals surface area contributed by atoms with Gasteiger partial charge in [0, 0.05) is 18.7 Å². The molecule has 1 N–H and O–H groups in total. The summed E-state index contributed by atoms with van der Waals surface area (Å²) >= 11 is 0. The first-order valence-corrected chi connectivity index (χ1v) is 10.1. The van der Waals surface area contributed by atoms with E-state index in [1.165, 1.54) is 16.6 Å². The Morgan fingerprint density at radius 1 is 1.13 bits per heavy atom. The minimum atomic E-state index is -0.450. The molecule has 0 saturated carbocycles. The molecule has 8 nitrogen and oxygen atoms in total. The Morgan fingerprint density at radius 3 is 2.70 bits per heavy atom. The molecule has 0 aliphatic carbocycles. The van der Waals surface area contributed by atoms with Crippen LogP contribution in [0.25, 0.3) is 11.1 Å². The van der Waals surface area contributed by atoms with Crippen molar-refractivity contribution in [2.24, 2.45) is 0 Å². The first-order valence-electron chi connectivity index (χ1n) is 10.1. The highest BCUT2D eigenvalue weighted by atomic mass is 16.2. The third kappa shape index (κ3) is 4.53. The van der Waals surface area contributed by atoms with E-state index in [0.29, 0.717) is 19.5 Å². The van der Waals surface area contributed by atoms with Crippen molar-refractivity contribution in [3.63, 3.8) is 0 Å². The van der Waals surface area contributed by atoms with Gasteiger partial charge in [-0.25, -0.2) is 4.68 Å². The molecule has 30 heavy (non-hydrogen) atoms. The number of aryl methyl sites for hydroxylation is 2. The monoisotopic (exact) mass is 404 g/mol. The van der Waals surface area contributed by atoms with Crippen molar-refractivity contribution in [3.8, 4) is 11.1 Å². The molecule has 1 aliphatic heterocycles. The van der Waals surface area contributed by atoms with Gasteiger partial charge >= 0.3 is 0 Å². The highest BCUT2D eigenvalue weighted by Gasteiger charge is 2.33. The quantitative estimate of drug-likeness (QED) is 0.682. The van der Waals surface area contributed by atoms with E-state index in [-0.39, 0.29) is 18.2 Å². The number of anilines is 1. The number of rotatable bonds is 6. The molecule has 1 aliphatic rings. The molecule has 4 rings (SSSR count). The zero-order valence-electron chi connectivity index (χ0n) is 16.9. The maximum atomic E-state index is 12.9. The van der Waals surface area contributed by atoms with Crippen LogP contribution in [0.2, 0.25) is 0 Å². The molecule has 3 aromatic rings. The average molecular weight is 404 g/mol. The number of nitrogens with zero attached hydrogens (tertiary/aromatic N) is 5. The molecule has 154 valence electrons. The summed E-state index contributed by atoms with van der Waals surface area (Å²) in [6.07, 6.45) is 3.22. The van der Waals surface area contributed by atoms with Crippen molar-refractivity contribution in [1.82, 2.24) is 25.1 Å². The Hall–Kier alpha value is -3.55. The second-order valence-corrected chi connectivity index (χ2v) is 7.51. The molecule has 1 aromatic heterocycles. The second-order valence-electron chi connectivity index (χ2n) is 7.51. The van der Waals surface area contributed by atoms with E-state index in [2.05, 4.69) is 46.0 Å². The second kappa shape index (κ2) is 8.86. The maximum Gasteiger partial charge on any atom is 0.247 e. The normalized spacial score (nSPS) is 15.9. The van der Waals surface area contributed by atoms with Crippen molar-refractivity contribution in [1.29, 1.82) is 0 Å². The number of carbonyl (C=O) groups excluding carboxylic acids is 2. The lowest BCUT2D eigenvalue weighted by Crippen LogP contribution is -2.43. The van der Waals surface area contributed by atoms with Gasteiger partial charge < -0.3 is 10.2 Å². The summed E-state index contributed by atoms with van der Waals surface area (Å²) in [5.41, 5.74) is 4.05. The molecule has 2 aromatic carbocycles. The highest BCUT2D eigenvalue weighted by molar-refractivity contribution is 5.98. The SMILES string of the molecule is Cc1cccc(-c2cccc(NC(=O)[C@@H]3CCCN3C(=O)CCn3cnnn3)c2)c1. The summed E-state index contributed by atoms with van der Waals surface area (Å²) in [4.78, 5) is 27.2. The number of hydrogen-bond acceptors (Lipinski definition) is 5. The number of nitrogens with one attached hydrogen (secondary N) is 1. The first-order chi connectivity index (χ1) is 14.6. The minimum absolute atomic E-state index is 0.0586. The van der Waals surface area contributed by atoms with Crippen LogP contribution in [0.4, 0.5) is 5.69 Å². The molecule has 1 atom stereocenters. The third-order valence-corrected chi connectivity index (χ3v) is 5.30. The summed E-state index contributed by atoms with van der Waals surface area (Å²) in [5.74, 6) is -0.207. The standard InChI is InChI=1S/C22H24N6O2/c1-16-5-2-6-17(13-16)18-7-3-8-19(14-18)24-22(30)20-9-4-11-28(20)21(29)10-12-27-15-23-25-26-27/h2-3,5-8,13-15,20H,4,9-12H2,1H3,(H,24,30)/t20-/m0/s1. The maximum absolute atomic E-state index is 12.9. The van der Waals surface area contributed by atoms with E-state index in [4.69, 9.17) is 0 Å². The van der Waals surface area contributed by atoms with Crippen LogP contribution in [-0.2, 0) is 16.1 Å². The number of hydrogen-bond donors (Lipinski definition) is 1. The van der Waals surface area contributed by atoms with Gasteiger partial charge in [0.15, 0.2) is 0 Å². The van der Waals surface area contributed by atoms with Gasteiger partial charge in [0.1, 0.15) is 12.4 Å². The van der Waals surface area contributed by atoms with E-state index in [9.17, 15) is 9.59 Å². The van der Waals surface area contributed by atoms with E-state index in [0.717, 1.165) is 23.2 Å². The Morgan fingerprint density at radius 2 is 1.93 bits per heavy atom. The van der Waals surface area contributed by atoms with Gasteiger partial charge in [-0.05, 0) is 53.5 Å². The highest BCUT2D eigenvalue weighted by Crippen LogP contribution is 2.25. The molecule has 8 heteroatoms. The van der Waals surface area contributed by atoms with Gasteiger partial charge in [-0.1, -0.05) is 42.0 Å². The van der Waals surface area contributed by atoms with E-state index >= 15 is 0 Å². The number of benzene rings is 2. The van der Waals surface area contributed by atoms with Gasteiger partial charge in [0.25, 0.3) is 0 Å². The van der Waals surface area contributed by atoms with Gasteiger partial charge in [0.2, 0.25) is 11.8 Å². The number of tetrazole rings is 1.